The van der Waals surface area contributed by atoms with E-state index in [2.05, 4.69) is 20.4 Å². The summed E-state index contributed by atoms with van der Waals surface area (Å²) >= 11 is 0. The molecule has 2 aliphatic rings. The Balaban J connectivity index is 1.62. The van der Waals surface area contributed by atoms with Crippen molar-refractivity contribution in [2.75, 3.05) is 6.54 Å². The van der Waals surface area contributed by atoms with Gasteiger partial charge in [0.1, 0.15) is 11.9 Å². The fourth-order valence-electron chi connectivity index (χ4n) is 3.19. The Morgan fingerprint density at radius 3 is 2.90 bits per heavy atom. The van der Waals surface area contributed by atoms with E-state index in [-0.39, 0.29) is 18.1 Å². The Labute approximate surface area is 122 Å². The number of fused-ring (bicyclic) bond motifs is 1. The molecule has 2 saturated heterocycles. The molecule has 6 heteroatoms. The Hall–Kier alpha value is -2.21. The minimum atomic E-state index is -0.139. The van der Waals surface area contributed by atoms with Gasteiger partial charge in [0.25, 0.3) is 0 Å². The molecule has 2 unspecified atom stereocenters. The number of piperidine rings is 1. The molecular weight excluding hydrogens is 266 g/mol. The summed E-state index contributed by atoms with van der Waals surface area (Å²) in [5, 5.41) is 11.9. The Bertz CT molecular complexity index is 653. The van der Waals surface area contributed by atoms with E-state index in [1.54, 1.807) is 11.0 Å². The van der Waals surface area contributed by atoms with Crippen LogP contribution in [0.4, 0.5) is 0 Å². The minimum absolute atomic E-state index is 0.00521. The van der Waals surface area contributed by atoms with E-state index in [0.717, 1.165) is 37.2 Å². The van der Waals surface area contributed by atoms with Crippen molar-refractivity contribution in [3.05, 3.63) is 42.2 Å². The Morgan fingerprint density at radius 1 is 1.19 bits per heavy atom. The number of carbonyl (C=O) groups is 1. The molecular formula is C15H17N5O. The summed E-state index contributed by atoms with van der Waals surface area (Å²) in [7, 11) is 0. The second kappa shape index (κ2) is 4.96. The van der Waals surface area contributed by atoms with Crippen LogP contribution in [0, 0.1) is 0 Å². The molecule has 2 atom stereocenters. The summed E-state index contributed by atoms with van der Waals surface area (Å²) in [6.07, 6.45) is 4.80. The molecule has 4 rings (SSSR count). The van der Waals surface area contributed by atoms with Crippen molar-refractivity contribution < 1.29 is 4.79 Å². The molecule has 3 heterocycles. The minimum Gasteiger partial charge on any atom is -0.334 e. The van der Waals surface area contributed by atoms with Crippen LogP contribution in [-0.4, -0.2) is 38.4 Å². The zero-order chi connectivity index (χ0) is 14.2. The van der Waals surface area contributed by atoms with Gasteiger partial charge in [0.15, 0.2) is 0 Å². The molecule has 108 valence electrons. The van der Waals surface area contributed by atoms with Crippen LogP contribution in [0.15, 0.2) is 36.5 Å². The van der Waals surface area contributed by atoms with Crippen molar-refractivity contribution in [1.82, 2.24) is 25.2 Å². The molecule has 0 saturated carbocycles. The normalized spacial score (nSPS) is 25.6. The van der Waals surface area contributed by atoms with E-state index >= 15 is 0 Å². The molecule has 2 aromatic rings. The van der Waals surface area contributed by atoms with Crippen LogP contribution < -0.4 is 5.32 Å². The van der Waals surface area contributed by atoms with Gasteiger partial charge in [-0.1, -0.05) is 24.6 Å². The molecule has 0 spiro atoms. The number of hydrogen-bond donors (Lipinski definition) is 1. The molecule has 0 aliphatic carbocycles. The van der Waals surface area contributed by atoms with E-state index < -0.39 is 0 Å². The van der Waals surface area contributed by atoms with Crippen LogP contribution in [0.2, 0.25) is 0 Å². The number of rotatable bonds is 2. The van der Waals surface area contributed by atoms with Crippen LogP contribution in [0.1, 0.15) is 31.1 Å². The summed E-state index contributed by atoms with van der Waals surface area (Å²) in [6, 6.07) is 9.79. The Morgan fingerprint density at radius 2 is 2.05 bits per heavy atom. The molecule has 2 aliphatic heterocycles. The zero-order valence-electron chi connectivity index (χ0n) is 11.6. The molecule has 1 aromatic heterocycles. The van der Waals surface area contributed by atoms with E-state index in [1.165, 1.54) is 0 Å². The van der Waals surface area contributed by atoms with Crippen molar-refractivity contribution in [2.24, 2.45) is 0 Å². The lowest BCUT2D eigenvalue weighted by atomic mass is 10.0. The van der Waals surface area contributed by atoms with Crippen molar-refractivity contribution in [3.8, 4) is 5.69 Å². The third kappa shape index (κ3) is 2.12. The lowest BCUT2D eigenvalue weighted by molar-refractivity contribution is -0.122. The number of benzene rings is 1. The highest BCUT2D eigenvalue weighted by molar-refractivity contribution is 5.84. The summed E-state index contributed by atoms with van der Waals surface area (Å²) in [4.78, 5) is 15.9. The van der Waals surface area contributed by atoms with Crippen molar-refractivity contribution in [1.29, 1.82) is 0 Å². The average molecular weight is 283 g/mol. The number of para-hydroxylation sites is 1. The van der Waals surface area contributed by atoms with Crippen LogP contribution in [0.3, 0.4) is 0 Å². The van der Waals surface area contributed by atoms with Crippen LogP contribution in [-0.2, 0) is 4.79 Å². The lowest BCUT2D eigenvalue weighted by Crippen LogP contribution is -2.38. The molecule has 6 nitrogen and oxygen atoms in total. The summed E-state index contributed by atoms with van der Waals surface area (Å²) < 4.78 is 0. The highest BCUT2D eigenvalue weighted by Crippen LogP contribution is 2.31. The molecule has 21 heavy (non-hydrogen) atoms. The number of nitrogens with one attached hydrogen (secondary N) is 1. The monoisotopic (exact) mass is 283 g/mol. The average Bonchev–Trinajstić information content (AvgIpc) is 3.14. The van der Waals surface area contributed by atoms with E-state index in [4.69, 9.17) is 0 Å². The van der Waals surface area contributed by atoms with Crippen molar-refractivity contribution in [2.45, 2.75) is 31.5 Å². The smallest absolute Gasteiger partial charge is 0.238 e. The maximum absolute atomic E-state index is 12.1. The maximum atomic E-state index is 12.1. The van der Waals surface area contributed by atoms with Gasteiger partial charge in [-0.15, -0.1) is 5.10 Å². The molecule has 1 N–H and O–H groups in total. The van der Waals surface area contributed by atoms with Crippen LogP contribution in [0.5, 0.6) is 0 Å². The highest BCUT2D eigenvalue weighted by atomic mass is 16.2. The van der Waals surface area contributed by atoms with Crippen molar-refractivity contribution >= 4 is 5.91 Å². The molecule has 2 fully saturated rings. The second-order valence-electron chi connectivity index (χ2n) is 5.55. The van der Waals surface area contributed by atoms with E-state index in [9.17, 15) is 4.79 Å². The first kappa shape index (κ1) is 12.5. The van der Waals surface area contributed by atoms with Crippen LogP contribution >= 0.6 is 0 Å². The van der Waals surface area contributed by atoms with Gasteiger partial charge in [-0.3, -0.25) is 9.69 Å². The largest absolute Gasteiger partial charge is 0.334 e. The second-order valence-corrected chi connectivity index (χ2v) is 5.55. The quantitative estimate of drug-likeness (QED) is 0.901. The molecule has 1 amide bonds. The van der Waals surface area contributed by atoms with Gasteiger partial charge in [0, 0.05) is 6.54 Å². The molecule has 0 bridgehead atoms. The number of carbonyl (C=O) groups excluding carboxylic acids is 1. The molecule has 1 aromatic carbocycles. The zero-order valence-corrected chi connectivity index (χ0v) is 11.6. The maximum Gasteiger partial charge on any atom is 0.238 e. The number of nitrogens with zero attached hydrogens (tertiary/aromatic N) is 4. The van der Waals surface area contributed by atoms with Gasteiger partial charge >= 0.3 is 0 Å². The number of aromatic nitrogens is 3. The van der Waals surface area contributed by atoms with Gasteiger partial charge in [-0.2, -0.15) is 9.90 Å². The fourth-order valence-corrected chi connectivity index (χ4v) is 3.19. The van der Waals surface area contributed by atoms with Gasteiger partial charge in [-0.05, 0) is 25.0 Å². The first-order valence-electron chi connectivity index (χ1n) is 7.37. The summed E-state index contributed by atoms with van der Waals surface area (Å²) in [5.74, 6) is 0.119. The number of amides is 1. The standard InChI is InChI=1S/C15H17N5O/c21-15-13-8-4-5-9-19(13)14(17-15)12-10-16-20(18-12)11-6-2-1-3-7-11/h1-3,6-7,10,13-14H,4-5,8-9H2,(H,17,21). The number of hydrogen-bond acceptors (Lipinski definition) is 4. The lowest BCUT2D eigenvalue weighted by Gasteiger charge is -2.30. The van der Waals surface area contributed by atoms with E-state index in [1.807, 2.05) is 30.3 Å². The first-order chi connectivity index (χ1) is 10.3. The van der Waals surface area contributed by atoms with Crippen LogP contribution in [0.25, 0.3) is 5.69 Å². The SMILES string of the molecule is O=C1NC(c2cnn(-c3ccccc3)n2)N2CCCCC12. The third-order valence-electron chi connectivity index (χ3n) is 4.23. The highest BCUT2D eigenvalue weighted by Gasteiger charge is 2.42. The predicted molar refractivity (Wildman–Crippen MR) is 76.6 cm³/mol. The predicted octanol–water partition coefficient (Wildman–Crippen LogP) is 1.25. The van der Waals surface area contributed by atoms with E-state index in [0.29, 0.717) is 0 Å². The summed E-state index contributed by atoms with van der Waals surface area (Å²) in [5.41, 5.74) is 1.72. The summed E-state index contributed by atoms with van der Waals surface area (Å²) in [6.45, 7) is 0.937. The van der Waals surface area contributed by atoms with Crippen molar-refractivity contribution in [3.63, 3.8) is 0 Å². The molecule has 0 radical (unpaired) electrons. The fraction of sp³-hybridized carbons (Fsp3) is 0.400. The van der Waals surface area contributed by atoms with Gasteiger partial charge in [0.2, 0.25) is 5.91 Å². The topological polar surface area (TPSA) is 63.1 Å². The third-order valence-corrected chi connectivity index (χ3v) is 4.23. The Kier molecular flexibility index (Phi) is 2.96. The van der Waals surface area contributed by atoms with Gasteiger partial charge < -0.3 is 5.32 Å². The van der Waals surface area contributed by atoms with Gasteiger partial charge in [0.05, 0.1) is 17.9 Å². The first-order valence-corrected chi connectivity index (χ1v) is 7.37. The van der Waals surface area contributed by atoms with Gasteiger partial charge in [-0.25, -0.2) is 0 Å².